The van der Waals surface area contributed by atoms with Crippen LogP contribution in [-0.2, 0) is 4.74 Å². The van der Waals surface area contributed by atoms with Gasteiger partial charge in [-0.15, -0.1) is 0 Å². The quantitative estimate of drug-likeness (QED) is 0.633. The number of aromatic amines is 1. The van der Waals surface area contributed by atoms with Gasteiger partial charge in [0.1, 0.15) is 17.5 Å². The van der Waals surface area contributed by atoms with E-state index in [0.717, 1.165) is 5.52 Å². The maximum atomic E-state index is 14.5. The van der Waals surface area contributed by atoms with E-state index >= 15 is 0 Å². The molecule has 0 saturated carbocycles. The molecule has 30 heavy (non-hydrogen) atoms. The van der Waals surface area contributed by atoms with E-state index in [4.69, 9.17) is 16.3 Å². The fourth-order valence-electron chi connectivity index (χ4n) is 3.73. The number of morpholine rings is 1. The summed E-state index contributed by atoms with van der Waals surface area (Å²) in [7, 11) is 0. The molecule has 2 heterocycles. The molecule has 1 aliphatic rings. The van der Waals surface area contributed by atoms with Crippen LogP contribution in [0.1, 0.15) is 22.0 Å². The van der Waals surface area contributed by atoms with Crippen LogP contribution >= 0.6 is 11.6 Å². The van der Waals surface area contributed by atoms with Crippen LogP contribution in [0, 0.1) is 17.5 Å². The minimum Gasteiger partial charge on any atom is -0.379 e. The normalized spacial score (nSPS) is 16.0. The molecule has 4 rings (SSSR count). The highest BCUT2D eigenvalue weighted by Crippen LogP contribution is 2.29. The lowest BCUT2D eigenvalue weighted by atomic mass is 10.0. The molecule has 0 aliphatic carbocycles. The van der Waals surface area contributed by atoms with Gasteiger partial charge in [-0.25, -0.2) is 13.2 Å². The first kappa shape index (κ1) is 20.7. The molecule has 9 heteroatoms. The molecule has 0 radical (unpaired) electrons. The number of nitrogens with zero attached hydrogens (tertiary/aromatic N) is 1. The lowest BCUT2D eigenvalue weighted by Gasteiger charge is -2.35. The van der Waals surface area contributed by atoms with Crippen molar-refractivity contribution in [3.63, 3.8) is 0 Å². The summed E-state index contributed by atoms with van der Waals surface area (Å²) >= 11 is 6.36. The van der Waals surface area contributed by atoms with Crippen LogP contribution in [0.25, 0.3) is 10.9 Å². The van der Waals surface area contributed by atoms with Crippen molar-refractivity contribution < 1.29 is 22.7 Å². The summed E-state index contributed by atoms with van der Waals surface area (Å²) in [5.41, 5.74) is 0.758. The summed E-state index contributed by atoms with van der Waals surface area (Å²) < 4.78 is 47.7. The number of aromatic nitrogens is 1. The van der Waals surface area contributed by atoms with Crippen molar-refractivity contribution in [1.29, 1.82) is 0 Å². The largest absolute Gasteiger partial charge is 0.379 e. The average molecular weight is 438 g/mol. The van der Waals surface area contributed by atoms with Gasteiger partial charge in [0.25, 0.3) is 5.91 Å². The smallest absolute Gasteiger partial charge is 0.252 e. The molecule has 158 valence electrons. The number of fused-ring (bicyclic) bond motifs is 1. The molecule has 1 atom stereocenters. The molecule has 1 saturated heterocycles. The Morgan fingerprint density at radius 1 is 1.17 bits per heavy atom. The van der Waals surface area contributed by atoms with Crippen molar-refractivity contribution in [2.45, 2.75) is 6.04 Å². The first-order valence-electron chi connectivity index (χ1n) is 9.45. The standard InChI is InChI=1S/C21H19ClF3N3O2/c22-20-13-3-4-26-17(13)2-1-14(20)21(29)27-11-18(28-5-7-30-8-6-28)19-15(24)9-12(23)10-16(19)25/h1-4,9-10,18,26H,5-8,11H2,(H,27,29). The number of carbonyl (C=O) groups is 1. The second kappa shape index (κ2) is 8.67. The second-order valence-corrected chi connectivity index (χ2v) is 7.40. The summed E-state index contributed by atoms with van der Waals surface area (Å²) in [5, 5.41) is 3.70. The summed E-state index contributed by atoms with van der Waals surface area (Å²) in [6.07, 6.45) is 1.72. The van der Waals surface area contributed by atoms with Gasteiger partial charge in [0.2, 0.25) is 0 Å². The molecule has 1 aliphatic heterocycles. The topological polar surface area (TPSA) is 57.4 Å². The molecule has 2 N–H and O–H groups in total. The molecule has 1 aromatic heterocycles. The summed E-state index contributed by atoms with van der Waals surface area (Å²) in [6, 6.07) is 5.53. The molecule has 5 nitrogen and oxygen atoms in total. The number of carbonyl (C=O) groups excluding carboxylic acids is 1. The number of H-pyrrole nitrogens is 1. The van der Waals surface area contributed by atoms with Gasteiger partial charge in [-0.1, -0.05) is 11.6 Å². The number of hydrogen-bond donors (Lipinski definition) is 2. The molecule has 1 amide bonds. The Bertz CT molecular complexity index is 1060. The lowest BCUT2D eigenvalue weighted by molar-refractivity contribution is 0.0147. The first-order chi connectivity index (χ1) is 14.5. The molecule has 1 unspecified atom stereocenters. The minimum absolute atomic E-state index is 0.0835. The molecular weight excluding hydrogens is 419 g/mol. The summed E-state index contributed by atoms with van der Waals surface area (Å²) in [6.45, 7) is 1.55. The maximum Gasteiger partial charge on any atom is 0.252 e. The van der Waals surface area contributed by atoms with Crippen molar-refractivity contribution >= 4 is 28.4 Å². The predicted molar refractivity (Wildman–Crippen MR) is 107 cm³/mol. The predicted octanol–water partition coefficient (Wildman–Crippen LogP) is 4.04. The highest BCUT2D eigenvalue weighted by molar-refractivity contribution is 6.38. The Balaban J connectivity index is 1.60. The van der Waals surface area contributed by atoms with Crippen molar-refractivity contribution in [1.82, 2.24) is 15.2 Å². The third-order valence-corrected chi connectivity index (χ3v) is 5.64. The molecular formula is C21H19ClF3N3O2. The molecule has 1 fully saturated rings. The SMILES string of the molecule is O=C(NCC(c1c(F)cc(F)cc1F)N1CCOCC1)c1ccc2[nH]ccc2c1Cl. The van der Waals surface area contributed by atoms with E-state index in [1.807, 2.05) is 0 Å². The van der Waals surface area contributed by atoms with E-state index in [1.54, 1.807) is 29.3 Å². The van der Waals surface area contributed by atoms with E-state index in [1.165, 1.54) is 0 Å². The van der Waals surface area contributed by atoms with Gasteiger partial charge >= 0.3 is 0 Å². The molecule has 0 spiro atoms. The minimum atomic E-state index is -0.995. The van der Waals surface area contributed by atoms with Crippen LogP contribution in [-0.4, -0.2) is 48.6 Å². The Morgan fingerprint density at radius 2 is 1.87 bits per heavy atom. The van der Waals surface area contributed by atoms with E-state index in [9.17, 15) is 18.0 Å². The van der Waals surface area contributed by atoms with E-state index in [-0.39, 0.29) is 22.7 Å². The van der Waals surface area contributed by atoms with E-state index in [2.05, 4.69) is 10.3 Å². The number of nitrogens with one attached hydrogen (secondary N) is 2. The monoisotopic (exact) mass is 437 g/mol. The molecule has 2 aromatic carbocycles. The Kier molecular flexibility index (Phi) is 5.99. The highest BCUT2D eigenvalue weighted by atomic mass is 35.5. The Hall–Kier alpha value is -2.55. The zero-order chi connectivity index (χ0) is 21.3. The summed E-state index contributed by atoms with van der Waals surface area (Å²) in [4.78, 5) is 17.6. The van der Waals surface area contributed by atoms with Crippen molar-refractivity contribution in [3.05, 3.63) is 70.1 Å². The van der Waals surface area contributed by atoms with Crippen molar-refractivity contribution in [2.75, 3.05) is 32.8 Å². The van der Waals surface area contributed by atoms with Crippen molar-refractivity contribution in [3.8, 4) is 0 Å². The van der Waals surface area contributed by atoms with Gasteiger partial charge in [0.15, 0.2) is 0 Å². The van der Waals surface area contributed by atoms with Crippen LogP contribution in [0.3, 0.4) is 0 Å². The Labute approximate surface area is 175 Å². The van der Waals surface area contributed by atoms with Gasteiger partial charge in [-0.05, 0) is 18.2 Å². The number of benzene rings is 2. The zero-order valence-electron chi connectivity index (χ0n) is 15.9. The van der Waals surface area contributed by atoms with Crippen LogP contribution < -0.4 is 5.32 Å². The van der Waals surface area contributed by atoms with E-state index in [0.29, 0.717) is 43.8 Å². The number of halogens is 4. The van der Waals surface area contributed by atoms with Gasteiger partial charge in [0, 0.05) is 54.4 Å². The van der Waals surface area contributed by atoms with Crippen LogP contribution in [0.4, 0.5) is 13.2 Å². The van der Waals surface area contributed by atoms with Gasteiger partial charge in [-0.3, -0.25) is 9.69 Å². The fourth-order valence-corrected chi connectivity index (χ4v) is 4.04. The Morgan fingerprint density at radius 3 is 2.57 bits per heavy atom. The number of ether oxygens (including phenoxy) is 1. The number of rotatable bonds is 5. The third kappa shape index (κ3) is 4.03. The van der Waals surface area contributed by atoms with Crippen LogP contribution in [0.2, 0.25) is 5.02 Å². The second-order valence-electron chi connectivity index (χ2n) is 7.02. The lowest BCUT2D eigenvalue weighted by Crippen LogP contribution is -2.44. The average Bonchev–Trinajstić information content (AvgIpc) is 3.20. The number of amides is 1. The summed E-state index contributed by atoms with van der Waals surface area (Å²) in [5.74, 6) is -3.45. The van der Waals surface area contributed by atoms with Gasteiger partial charge < -0.3 is 15.0 Å². The first-order valence-corrected chi connectivity index (χ1v) is 9.83. The van der Waals surface area contributed by atoms with Crippen LogP contribution in [0.15, 0.2) is 36.5 Å². The van der Waals surface area contributed by atoms with Gasteiger partial charge in [-0.2, -0.15) is 0 Å². The fraction of sp³-hybridized carbons (Fsp3) is 0.286. The molecule has 3 aromatic rings. The maximum absolute atomic E-state index is 14.5. The third-order valence-electron chi connectivity index (χ3n) is 5.23. The molecule has 0 bridgehead atoms. The highest BCUT2D eigenvalue weighted by Gasteiger charge is 2.29. The number of hydrogen-bond acceptors (Lipinski definition) is 3. The van der Waals surface area contributed by atoms with E-state index < -0.39 is 29.4 Å². The van der Waals surface area contributed by atoms with Crippen molar-refractivity contribution in [2.24, 2.45) is 0 Å². The van der Waals surface area contributed by atoms with Crippen LogP contribution in [0.5, 0.6) is 0 Å². The zero-order valence-corrected chi connectivity index (χ0v) is 16.6. The van der Waals surface area contributed by atoms with Gasteiger partial charge in [0.05, 0.1) is 29.8 Å².